The summed E-state index contributed by atoms with van der Waals surface area (Å²) in [4.78, 5) is 33.4. The summed E-state index contributed by atoms with van der Waals surface area (Å²) >= 11 is 0. The van der Waals surface area contributed by atoms with E-state index in [2.05, 4.69) is 5.32 Å². The number of nitrogens with one attached hydrogen (secondary N) is 1. The number of unbranched alkanes of at least 4 members (excludes halogenated alkanes) is 1. The zero-order valence-corrected chi connectivity index (χ0v) is 12.2. The maximum atomic E-state index is 11.8. The zero-order chi connectivity index (χ0) is 16.4. The molecule has 0 spiro atoms. The number of hydrogen-bond acceptors (Lipinski definition) is 4. The second kappa shape index (κ2) is 9.38. The number of carboxylic acids is 1. The van der Waals surface area contributed by atoms with Gasteiger partial charge in [0.05, 0.1) is 0 Å². The van der Waals surface area contributed by atoms with Gasteiger partial charge >= 0.3 is 18.0 Å². The van der Waals surface area contributed by atoms with Crippen molar-refractivity contribution in [2.24, 2.45) is 11.7 Å². The molecule has 0 bridgehead atoms. The monoisotopic (exact) mass is 308 g/mol. The quantitative estimate of drug-likeness (QED) is 0.360. The molecule has 1 unspecified atom stereocenters. The Hall–Kier alpha value is -2.57. The summed E-state index contributed by atoms with van der Waals surface area (Å²) in [5.41, 5.74) is 5.70. The number of primary amides is 1. The number of carboxylic acid groups (broad SMARTS) is 1. The van der Waals surface area contributed by atoms with Crippen LogP contribution < -0.4 is 11.1 Å². The molecule has 2 amide bonds. The molecule has 120 valence electrons. The van der Waals surface area contributed by atoms with E-state index in [9.17, 15) is 14.4 Å². The van der Waals surface area contributed by atoms with Gasteiger partial charge in [-0.25, -0.2) is 4.79 Å². The van der Waals surface area contributed by atoms with E-state index < -0.39 is 23.9 Å². The summed E-state index contributed by atoms with van der Waals surface area (Å²) in [6, 6.07) is 8.41. The Morgan fingerprint density at radius 2 is 1.86 bits per heavy atom. The van der Waals surface area contributed by atoms with Gasteiger partial charge in [0.15, 0.2) is 5.92 Å². The normalized spacial score (nSPS) is 11.5. The highest BCUT2D eigenvalue weighted by molar-refractivity contribution is 5.93. The number of nitrogens with two attached hydrogens (primary N) is 1. The fourth-order valence-corrected chi connectivity index (χ4v) is 1.86. The van der Waals surface area contributed by atoms with Crippen molar-refractivity contribution in [3.8, 4) is 0 Å². The minimum absolute atomic E-state index is 0.0483. The zero-order valence-electron chi connectivity index (χ0n) is 12.2. The number of urea groups is 1. The molecule has 0 radical (unpaired) electrons. The second-order valence-corrected chi connectivity index (χ2v) is 4.77. The van der Waals surface area contributed by atoms with Crippen molar-refractivity contribution in [2.45, 2.75) is 25.9 Å². The summed E-state index contributed by atoms with van der Waals surface area (Å²) in [6.45, 7) is 0.396. The number of esters is 1. The summed E-state index contributed by atoms with van der Waals surface area (Å²) < 4.78 is 5.04. The van der Waals surface area contributed by atoms with E-state index in [0.29, 0.717) is 19.4 Å². The lowest BCUT2D eigenvalue weighted by Crippen LogP contribution is -2.30. The minimum atomic E-state index is -1.21. The fraction of sp³-hybridized carbons (Fsp3) is 0.400. The van der Waals surface area contributed by atoms with Crippen molar-refractivity contribution in [3.63, 3.8) is 0 Å². The lowest BCUT2D eigenvalue weighted by Gasteiger charge is -2.12. The van der Waals surface area contributed by atoms with Crippen molar-refractivity contribution in [2.75, 3.05) is 6.54 Å². The Morgan fingerprint density at radius 3 is 2.45 bits per heavy atom. The molecule has 7 nitrogen and oxygen atoms in total. The van der Waals surface area contributed by atoms with E-state index in [4.69, 9.17) is 15.6 Å². The highest BCUT2D eigenvalue weighted by Crippen LogP contribution is 2.12. The van der Waals surface area contributed by atoms with Crippen molar-refractivity contribution in [3.05, 3.63) is 35.9 Å². The van der Waals surface area contributed by atoms with Gasteiger partial charge in [-0.3, -0.25) is 9.59 Å². The molecule has 0 aliphatic rings. The van der Waals surface area contributed by atoms with E-state index in [1.807, 2.05) is 18.2 Å². The topological polar surface area (TPSA) is 119 Å². The van der Waals surface area contributed by atoms with E-state index >= 15 is 0 Å². The van der Waals surface area contributed by atoms with Crippen LogP contribution in [0.15, 0.2) is 30.3 Å². The number of amides is 2. The van der Waals surface area contributed by atoms with Crippen molar-refractivity contribution < 1.29 is 24.2 Å². The number of benzene rings is 1. The van der Waals surface area contributed by atoms with Gasteiger partial charge in [0.2, 0.25) is 0 Å². The van der Waals surface area contributed by atoms with Crippen LogP contribution in [0.1, 0.15) is 24.8 Å². The van der Waals surface area contributed by atoms with Crippen LogP contribution in [0, 0.1) is 5.92 Å². The molecular weight excluding hydrogens is 288 g/mol. The van der Waals surface area contributed by atoms with Crippen LogP contribution in [-0.2, 0) is 20.9 Å². The first-order valence-corrected chi connectivity index (χ1v) is 6.97. The molecule has 0 aromatic heterocycles. The van der Waals surface area contributed by atoms with E-state index in [1.54, 1.807) is 12.1 Å². The van der Waals surface area contributed by atoms with Crippen LogP contribution in [0.4, 0.5) is 4.79 Å². The third kappa shape index (κ3) is 6.74. The molecule has 1 rings (SSSR count). The number of hydrogen-bond donors (Lipinski definition) is 3. The largest absolute Gasteiger partial charge is 0.481 e. The first kappa shape index (κ1) is 17.5. The third-order valence-electron chi connectivity index (χ3n) is 3.03. The molecule has 22 heavy (non-hydrogen) atoms. The summed E-state index contributed by atoms with van der Waals surface area (Å²) in [7, 11) is 0. The van der Waals surface area contributed by atoms with Gasteiger partial charge in [-0.15, -0.1) is 0 Å². The summed E-state index contributed by atoms with van der Waals surface area (Å²) in [6.07, 6.45) is 1.17. The number of carbonyl (C=O) groups excluding carboxylic acids is 2. The molecule has 0 fully saturated rings. The highest BCUT2D eigenvalue weighted by atomic mass is 16.5. The van der Waals surface area contributed by atoms with Crippen molar-refractivity contribution in [1.29, 1.82) is 0 Å². The second-order valence-electron chi connectivity index (χ2n) is 4.77. The van der Waals surface area contributed by atoms with Gasteiger partial charge in [-0.05, 0) is 18.4 Å². The minimum Gasteiger partial charge on any atom is -0.481 e. The standard InChI is InChI=1S/C15H20N2O5/c16-15(21)17-9-5-4-8-12(13(18)19)14(20)22-10-11-6-2-1-3-7-11/h1-3,6-7,12H,4-5,8-10H2,(H,18,19)(H3,16,17,21). The number of ether oxygens (including phenoxy) is 1. The first-order chi connectivity index (χ1) is 10.5. The average molecular weight is 308 g/mol. The molecule has 0 heterocycles. The molecule has 1 aromatic carbocycles. The predicted octanol–water partition coefficient (Wildman–Crippen LogP) is 1.27. The van der Waals surface area contributed by atoms with Gasteiger partial charge < -0.3 is 20.9 Å². The van der Waals surface area contributed by atoms with Crippen LogP contribution in [0.5, 0.6) is 0 Å². The fourth-order valence-electron chi connectivity index (χ4n) is 1.86. The summed E-state index contributed by atoms with van der Waals surface area (Å²) in [5, 5.41) is 11.5. The molecule has 0 saturated heterocycles. The Balaban J connectivity index is 2.36. The van der Waals surface area contributed by atoms with E-state index in [0.717, 1.165) is 5.56 Å². The summed E-state index contributed by atoms with van der Waals surface area (Å²) in [5.74, 6) is -3.16. The van der Waals surface area contributed by atoms with Gasteiger partial charge in [-0.2, -0.15) is 0 Å². The predicted molar refractivity (Wildman–Crippen MR) is 78.8 cm³/mol. The van der Waals surface area contributed by atoms with Gasteiger partial charge in [0, 0.05) is 6.54 Å². The van der Waals surface area contributed by atoms with Crippen molar-refractivity contribution in [1.82, 2.24) is 5.32 Å². The smallest absolute Gasteiger partial charge is 0.320 e. The van der Waals surface area contributed by atoms with E-state index in [-0.39, 0.29) is 13.0 Å². The molecule has 0 aliphatic heterocycles. The van der Waals surface area contributed by atoms with Crippen molar-refractivity contribution >= 4 is 18.0 Å². The number of carbonyl (C=O) groups is 3. The van der Waals surface area contributed by atoms with Gasteiger partial charge in [0.1, 0.15) is 6.61 Å². The van der Waals surface area contributed by atoms with Crippen LogP contribution in [-0.4, -0.2) is 29.6 Å². The molecule has 7 heteroatoms. The Morgan fingerprint density at radius 1 is 1.18 bits per heavy atom. The molecule has 0 aliphatic carbocycles. The average Bonchev–Trinajstić information content (AvgIpc) is 2.48. The van der Waals surface area contributed by atoms with E-state index in [1.165, 1.54) is 0 Å². The maximum Gasteiger partial charge on any atom is 0.320 e. The third-order valence-corrected chi connectivity index (χ3v) is 3.03. The van der Waals surface area contributed by atoms with Crippen LogP contribution in [0.3, 0.4) is 0 Å². The lowest BCUT2D eigenvalue weighted by atomic mass is 10.0. The molecule has 1 aromatic rings. The van der Waals surface area contributed by atoms with Gasteiger partial charge in [-0.1, -0.05) is 36.8 Å². The first-order valence-electron chi connectivity index (χ1n) is 6.97. The van der Waals surface area contributed by atoms with Crippen LogP contribution >= 0.6 is 0 Å². The Kier molecular flexibility index (Phi) is 7.45. The molecular formula is C15H20N2O5. The SMILES string of the molecule is NC(=O)NCCCCC(C(=O)O)C(=O)OCc1ccccc1. The Bertz CT molecular complexity index is 504. The number of aliphatic carboxylic acids is 1. The number of rotatable bonds is 9. The lowest BCUT2D eigenvalue weighted by molar-refractivity contribution is -0.160. The Labute approximate surface area is 128 Å². The molecule has 0 saturated carbocycles. The molecule has 4 N–H and O–H groups in total. The van der Waals surface area contributed by atoms with Gasteiger partial charge in [0.25, 0.3) is 0 Å². The maximum absolute atomic E-state index is 11.8. The highest BCUT2D eigenvalue weighted by Gasteiger charge is 2.27. The van der Waals surface area contributed by atoms with Crippen LogP contribution in [0.25, 0.3) is 0 Å². The molecule has 1 atom stereocenters. The van der Waals surface area contributed by atoms with Crippen LogP contribution in [0.2, 0.25) is 0 Å².